The monoisotopic (exact) mass is 1040 g/mol. The highest BCUT2D eigenvalue weighted by Crippen LogP contribution is 2.47. The van der Waals surface area contributed by atoms with Gasteiger partial charge in [-0.25, -0.2) is 15.0 Å². The van der Waals surface area contributed by atoms with E-state index in [0.29, 0.717) is 17.5 Å². The van der Waals surface area contributed by atoms with Gasteiger partial charge in [0.25, 0.3) is 0 Å². The highest BCUT2D eigenvalue weighted by Gasteiger charge is 2.29. The van der Waals surface area contributed by atoms with E-state index in [2.05, 4.69) is 294 Å². The molecule has 5 heteroatoms. The lowest BCUT2D eigenvalue weighted by atomic mass is 9.85. The number of rotatable bonds is 7. The maximum atomic E-state index is 5.85. The van der Waals surface area contributed by atoms with E-state index in [-0.39, 0.29) is 21.7 Å². The Morgan fingerprint density at radius 1 is 0.275 bits per heavy atom. The summed E-state index contributed by atoms with van der Waals surface area (Å²) in [5.74, 6) is 1.79. The second-order valence-electron chi connectivity index (χ2n) is 26.4. The summed E-state index contributed by atoms with van der Waals surface area (Å²) in [6.07, 6.45) is 0. The number of benzene rings is 9. The molecule has 0 saturated carbocycles. The lowest BCUT2D eigenvalue weighted by molar-refractivity contribution is 0.590. The molecule has 0 saturated heterocycles. The Labute approximate surface area is 473 Å². The molecule has 0 N–H and O–H groups in total. The third kappa shape index (κ3) is 9.30. The van der Waals surface area contributed by atoms with Gasteiger partial charge in [-0.2, -0.15) is 0 Å². The van der Waals surface area contributed by atoms with E-state index in [4.69, 9.17) is 15.0 Å². The molecule has 3 heterocycles. The normalized spacial score (nSPS) is 12.6. The Bertz CT molecular complexity index is 3970. The fourth-order valence-electron chi connectivity index (χ4n) is 11.8. The Morgan fingerprint density at radius 3 is 0.825 bits per heavy atom. The minimum absolute atomic E-state index is 0.0530. The molecule has 0 radical (unpaired) electrons. The predicted octanol–water partition coefficient (Wildman–Crippen LogP) is 20.2. The second-order valence-corrected chi connectivity index (χ2v) is 26.4. The quantitative estimate of drug-likeness (QED) is 0.160. The fraction of sp³-hybridized carbons (Fsp3) is 0.240. The van der Waals surface area contributed by atoms with E-state index in [0.717, 1.165) is 83.5 Å². The van der Waals surface area contributed by atoms with Crippen molar-refractivity contribution in [1.29, 1.82) is 0 Å². The Kier molecular flexibility index (Phi) is 12.5. The van der Waals surface area contributed by atoms with Crippen molar-refractivity contribution in [2.75, 3.05) is 0 Å². The van der Waals surface area contributed by atoms with Gasteiger partial charge in [0, 0.05) is 49.4 Å². The molecule has 0 atom stereocenters. The van der Waals surface area contributed by atoms with Crippen LogP contribution >= 0.6 is 0 Å². The molecule has 0 amide bonds. The number of nitrogens with zero attached hydrogens (tertiary/aromatic N) is 5. The summed E-state index contributed by atoms with van der Waals surface area (Å²) in [4.78, 5) is 17.1. The molecule has 0 aliphatic heterocycles. The zero-order valence-corrected chi connectivity index (χ0v) is 49.1. The van der Waals surface area contributed by atoms with Crippen LogP contribution in [-0.2, 0) is 21.7 Å². The van der Waals surface area contributed by atoms with Crippen molar-refractivity contribution in [3.05, 3.63) is 221 Å². The molecular formula is C75H73N5. The van der Waals surface area contributed by atoms with Crippen molar-refractivity contribution < 1.29 is 0 Å². The molecule has 398 valence electrons. The Morgan fingerprint density at radius 2 is 0.537 bits per heavy atom. The maximum Gasteiger partial charge on any atom is 0.166 e. The zero-order valence-electron chi connectivity index (χ0n) is 49.1. The number of aryl methyl sites for hydroxylation is 2. The van der Waals surface area contributed by atoms with Gasteiger partial charge in [-0.3, -0.25) is 0 Å². The van der Waals surface area contributed by atoms with Gasteiger partial charge in [0.2, 0.25) is 0 Å². The van der Waals surface area contributed by atoms with Gasteiger partial charge in [0.15, 0.2) is 17.5 Å². The minimum atomic E-state index is -0.0530. The molecule has 5 nitrogen and oxygen atoms in total. The Hall–Kier alpha value is -8.41. The van der Waals surface area contributed by atoms with E-state index >= 15 is 0 Å². The van der Waals surface area contributed by atoms with Crippen LogP contribution < -0.4 is 0 Å². The first-order valence-electron chi connectivity index (χ1n) is 28.4. The first-order chi connectivity index (χ1) is 38.0. The number of fused-ring (bicyclic) bond motifs is 6. The summed E-state index contributed by atoms with van der Waals surface area (Å²) in [5.41, 5.74) is 20.9. The van der Waals surface area contributed by atoms with Crippen LogP contribution in [0.4, 0.5) is 0 Å². The zero-order chi connectivity index (χ0) is 56.2. The van der Waals surface area contributed by atoms with Crippen LogP contribution in [-0.4, -0.2) is 24.1 Å². The summed E-state index contributed by atoms with van der Waals surface area (Å²) in [5, 5.41) is 4.88. The molecule has 0 aliphatic rings. The fourth-order valence-corrected chi connectivity index (χ4v) is 11.8. The van der Waals surface area contributed by atoms with Crippen molar-refractivity contribution >= 4 is 43.6 Å². The van der Waals surface area contributed by atoms with Crippen LogP contribution in [0.1, 0.15) is 116 Å². The number of hydrogen-bond acceptors (Lipinski definition) is 3. The van der Waals surface area contributed by atoms with Crippen LogP contribution in [0.25, 0.3) is 111 Å². The number of aromatic nitrogens is 5. The van der Waals surface area contributed by atoms with Gasteiger partial charge < -0.3 is 9.13 Å². The summed E-state index contributed by atoms with van der Waals surface area (Å²) in [7, 11) is 0. The smallest absolute Gasteiger partial charge is 0.166 e. The first kappa shape index (κ1) is 52.3. The van der Waals surface area contributed by atoms with Crippen LogP contribution in [0.5, 0.6) is 0 Å². The van der Waals surface area contributed by atoms with Crippen molar-refractivity contribution in [2.45, 2.75) is 119 Å². The van der Waals surface area contributed by atoms with Crippen molar-refractivity contribution in [2.24, 2.45) is 0 Å². The predicted molar refractivity (Wildman–Crippen MR) is 340 cm³/mol. The standard InChI is InChI=1S/C75H73N5/c1-46-38-55(48-24-18-15-19-25-48)67(79-63-34-30-51(72(3,4)5)42-57(63)58-43-52(73(6,7)8)31-35-64(58)79)61(40-46)70-76-69(50-28-22-17-23-29-50)77-71(78-70)62-41-47(2)39-56(49-26-20-16-21-27-49)68(62)80-65-36-32-53(74(9,10)11)44-59(65)60-45-54(75(12,13)14)33-37-66(60)80/h15-45H,1-14H3. The van der Waals surface area contributed by atoms with Gasteiger partial charge in [0.1, 0.15) is 0 Å². The highest BCUT2D eigenvalue weighted by atomic mass is 15.1. The maximum absolute atomic E-state index is 5.85. The summed E-state index contributed by atoms with van der Waals surface area (Å²) < 4.78 is 4.99. The van der Waals surface area contributed by atoms with Crippen LogP contribution in [0.2, 0.25) is 0 Å². The molecule has 9 aromatic carbocycles. The van der Waals surface area contributed by atoms with Gasteiger partial charge in [-0.1, -0.05) is 198 Å². The third-order valence-corrected chi connectivity index (χ3v) is 16.3. The second kappa shape index (κ2) is 19.2. The minimum Gasteiger partial charge on any atom is -0.308 e. The molecule has 12 aromatic rings. The molecule has 80 heavy (non-hydrogen) atoms. The van der Waals surface area contributed by atoms with Crippen LogP contribution in [0, 0.1) is 13.8 Å². The molecule has 12 rings (SSSR count). The Balaban J connectivity index is 1.23. The van der Waals surface area contributed by atoms with E-state index in [1.807, 2.05) is 0 Å². The van der Waals surface area contributed by atoms with E-state index in [9.17, 15) is 0 Å². The van der Waals surface area contributed by atoms with Crippen LogP contribution in [0.3, 0.4) is 0 Å². The summed E-state index contributed by atoms with van der Waals surface area (Å²) in [6, 6.07) is 69.7. The largest absolute Gasteiger partial charge is 0.308 e. The van der Waals surface area contributed by atoms with E-state index in [1.165, 1.54) is 43.8 Å². The van der Waals surface area contributed by atoms with Gasteiger partial charge in [0.05, 0.1) is 33.4 Å². The van der Waals surface area contributed by atoms with Crippen molar-refractivity contribution in [1.82, 2.24) is 24.1 Å². The SMILES string of the molecule is Cc1cc(-c2ccccc2)c(-n2c3ccc(C(C)(C)C)cc3c3cc(C(C)(C)C)ccc32)c(-c2nc(-c3ccccc3)nc(-c3cc(C)cc(-c4ccccc4)c3-n3c4ccc(C(C)(C)C)cc4c4cc(C(C)(C)C)ccc43)n2)c1. The molecule has 0 bridgehead atoms. The average molecular weight is 1040 g/mol. The molecule has 0 aliphatic carbocycles. The molecule has 0 fully saturated rings. The molecular weight excluding hydrogens is 971 g/mol. The topological polar surface area (TPSA) is 48.5 Å². The van der Waals surface area contributed by atoms with Crippen molar-refractivity contribution in [3.8, 4) is 67.8 Å². The lowest BCUT2D eigenvalue weighted by Crippen LogP contribution is -2.11. The molecule has 0 spiro atoms. The lowest BCUT2D eigenvalue weighted by Gasteiger charge is -2.22. The van der Waals surface area contributed by atoms with Gasteiger partial charge in [-0.05, 0) is 153 Å². The number of hydrogen-bond donors (Lipinski definition) is 0. The van der Waals surface area contributed by atoms with Gasteiger partial charge >= 0.3 is 0 Å². The average Bonchev–Trinajstić information content (AvgIpc) is 3.98. The summed E-state index contributed by atoms with van der Waals surface area (Å²) >= 11 is 0. The van der Waals surface area contributed by atoms with Gasteiger partial charge in [-0.15, -0.1) is 0 Å². The van der Waals surface area contributed by atoms with Crippen molar-refractivity contribution in [3.63, 3.8) is 0 Å². The first-order valence-corrected chi connectivity index (χ1v) is 28.4. The van der Waals surface area contributed by atoms with Crippen LogP contribution in [0.15, 0.2) is 188 Å². The molecule has 3 aromatic heterocycles. The van der Waals surface area contributed by atoms with E-state index < -0.39 is 0 Å². The van der Waals surface area contributed by atoms with E-state index in [1.54, 1.807) is 0 Å². The molecule has 0 unspecified atom stereocenters. The summed E-state index contributed by atoms with van der Waals surface area (Å²) in [6.45, 7) is 32.0. The highest BCUT2D eigenvalue weighted by molar-refractivity contribution is 6.12. The third-order valence-electron chi connectivity index (χ3n) is 16.3.